The Bertz CT molecular complexity index is 388. The molecule has 0 heterocycles. The van der Waals surface area contributed by atoms with E-state index < -0.39 is 6.36 Å². The van der Waals surface area contributed by atoms with Crippen LogP contribution in [0.2, 0.25) is 0 Å². The van der Waals surface area contributed by atoms with Crippen molar-refractivity contribution in [3.63, 3.8) is 0 Å². The van der Waals surface area contributed by atoms with Gasteiger partial charge in [0.1, 0.15) is 5.75 Å². The first-order chi connectivity index (χ1) is 7.96. The predicted molar refractivity (Wildman–Crippen MR) is 57.4 cm³/mol. The van der Waals surface area contributed by atoms with Crippen LogP contribution in [-0.4, -0.2) is 6.36 Å². The monoisotopic (exact) mass is 245 g/mol. The minimum atomic E-state index is -4.67. The number of rotatable bonds is 4. The highest BCUT2D eigenvalue weighted by molar-refractivity contribution is 5.36. The van der Waals surface area contributed by atoms with Crippen molar-refractivity contribution < 1.29 is 17.9 Å². The molecule has 2 nitrogen and oxygen atoms in total. The zero-order chi connectivity index (χ0) is 12.5. The fourth-order valence-electron chi connectivity index (χ4n) is 1.84. The van der Waals surface area contributed by atoms with Crippen LogP contribution in [-0.2, 0) is 0 Å². The van der Waals surface area contributed by atoms with E-state index in [-0.39, 0.29) is 11.8 Å². The minimum Gasteiger partial charge on any atom is -0.405 e. The molecule has 0 unspecified atom stereocenters. The normalized spacial score (nSPS) is 17.9. The van der Waals surface area contributed by atoms with Gasteiger partial charge in [-0.05, 0) is 18.4 Å². The molecule has 0 amide bonds. The summed E-state index contributed by atoms with van der Waals surface area (Å²) in [6, 6.07) is 5.68. The average molecular weight is 245 g/mol. The first-order valence-corrected chi connectivity index (χ1v) is 5.56. The maximum Gasteiger partial charge on any atom is 0.573 e. The van der Waals surface area contributed by atoms with Crippen LogP contribution < -0.4 is 10.5 Å². The fraction of sp³-hybridized carbons (Fsp3) is 0.500. The first-order valence-electron chi connectivity index (χ1n) is 5.56. The summed E-state index contributed by atoms with van der Waals surface area (Å²) in [5, 5.41) is 0. The Hall–Kier alpha value is -1.23. The highest BCUT2D eigenvalue weighted by Crippen LogP contribution is 2.39. The molecule has 2 rings (SSSR count). The van der Waals surface area contributed by atoms with Gasteiger partial charge in [0, 0.05) is 11.6 Å². The van der Waals surface area contributed by atoms with E-state index in [1.54, 1.807) is 12.1 Å². The molecule has 5 heteroatoms. The summed E-state index contributed by atoms with van der Waals surface area (Å²) >= 11 is 0. The summed E-state index contributed by atoms with van der Waals surface area (Å²) in [7, 11) is 0. The molecule has 1 atom stereocenters. The molecule has 0 radical (unpaired) electrons. The fourth-order valence-corrected chi connectivity index (χ4v) is 1.84. The van der Waals surface area contributed by atoms with E-state index in [4.69, 9.17) is 5.73 Å². The van der Waals surface area contributed by atoms with Gasteiger partial charge in [-0.15, -0.1) is 13.2 Å². The van der Waals surface area contributed by atoms with E-state index in [1.807, 2.05) is 0 Å². The number of benzene rings is 1. The average Bonchev–Trinajstić information content (AvgIpc) is 3.00. The first kappa shape index (κ1) is 12.2. The maximum atomic E-state index is 12.2. The number of halogens is 3. The molecule has 1 aliphatic rings. The lowest BCUT2D eigenvalue weighted by atomic mass is 10.0. The Morgan fingerprint density at radius 3 is 2.53 bits per heavy atom. The Labute approximate surface area is 97.6 Å². The number of para-hydroxylation sites is 1. The van der Waals surface area contributed by atoms with Crippen LogP contribution in [0.1, 0.15) is 30.9 Å². The number of nitrogens with two attached hydrogens (primary N) is 1. The highest BCUT2D eigenvalue weighted by atomic mass is 19.4. The lowest BCUT2D eigenvalue weighted by molar-refractivity contribution is -0.275. The zero-order valence-corrected chi connectivity index (χ0v) is 9.20. The van der Waals surface area contributed by atoms with E-state index >= 15 is 0 Å². The molecule has 0 spiro atoms. The molecule has 0 aliphatic heterocycles. The van der Waals surface area contributed by atoms with Crippen molar-refractivity contribution in [2.24, 2.45) is 11.7 Å². The van der Waals surface area contributed by atoms with Gasteiger partial charge in [-0.1, -0.05) is 31.0 Å². The molecule has 2 N–H and O–H groups in total. The molecular formula is C12H14F3NO. The molecule has 0 saturated heterocycles. The molecule has 0 aromatic heterocycles. The summed E-state index contributed by atoms with van der Waals surface area (Å²) in [6.07, 6.45) is -1.71. The van der Waals surface area contributed by atoms with Gasteiger partial charge in [-0.2, -0.15) is 0 Å². The lowest BCUT2D eigenvalue weighted by Crippen LogP contribution is -2.20. The van der Waals surface area contributed by atoms with E-state index in [1.165, 1.54) is 12.1 Å². The van der Waals surface area contributed by atoms with E-state index in [0.717, 1.165) is 19.3 Å². The van der Waals surface area contributed by atoms with Crippen LogP contribution in [0.25, 0.3) is 0 Å². The van der Waals surface area contributed by atoms with Crippen LogP contribution in [0.5, 0.6) is 5.75 Å². The van der Waals surface area contributed by atoms with Crippen molar-refractivity contribution in [1.29, 1.82) is 0 Å². The summed E-state index contributed by atoms with van der Waals surface area (Å²) in [4.78, 5) is 0. The Morgan fingerprint density at radius 1 is 1.29 bits per heavy atom. The SMILES string of the molecule is N[C@H](CC1CC1)c1ccccc1OC(F)(F)F. The largest absolute Gasteiger partial charge is 0.573 e. The summed E-state index contributed by atoms with van der Waals surface area (Å²) in [6.45, 7) is 0. The molecule has 94 valence electrons. The summed E-state index contributed by atoms with van der Waals surface area (Å²) in [5.41, 5.74) is 6.34. The molecule has 0 bridgehead atoms. The van der Waals surface area contributed by atoms with E-state index in [9.17, 15) is 13.2 Å². The third-order valence-corrected chi connectivity index (χ3v) is 2.83. The number of alkyl halides is 3. The topological polar surface area (TPSA) is 35.2 Å². The smallest absolute Gasteiger partial charge is 0.405 e. The zero-order valence-electron chi connectivity index (χ0n) is 9.20. The molecule has 1 aromatic carbocycles. The van der Waals surface area contributed by atoms with Crippen LogP contribution >= 0.6 is 0 Å². The van der Waals surface area contributed by atoms with Gasteiger partial charge in [0.2, 0.25) is 0 Å². The van der Waals surface area contributed by atoms with Crippen molar-refractivity contribution in [2.45, 2.75) is 31.7 Å². The third kappa shape index (κ3) is 3.63. The Balaban J connectivity index is 2.13. The molecule has 1 aromatic rings. The standard InChI is InChI=1S/C12H14F3NO/c13-12(14,15)17-11-4-2-1-3-9(11)10(16)7-8-5-6-8/h1-4,8,10H,5-7,16H2/t10-/m1/s1. The summed E-state index contributed by atoms with van der Waals surface area (Å²) in [5.74, 6) is 0.372. The van der Waals surface area contributed by atoms with Gasteiger partial charge in [0.25, 0.3) is 0 Å². The van der Waals surface area contributed by atoms with Crippen LogP contribution in [0.4, 0.5) is 13.2 Å². The quantitative estimate of drug-likeness (QED) is 0.882. The molecule has 1 aliphatic carbocycles. The predicted octanol–water partition coefficient (Wildman–Crippen LogP) is 3.39. The van der Waals surface area contributed by atoms with E-state index in [2.05, 4.69) is 4.74 Å². The van der Waals surface area contributed by atoms with Gasteiger partial charge < -0.3 is 10.5 Å². The second kappa shape index (κ2) is 4.56. The van der Waals surface area contributed by atoms with Gasteiger partial charge in [0.15, 0.2) is 0 Å². The molecule has 1 saturated carbocycles. The maximum absolute atomic E-state index is 12.2. The summed E-state index contributed by atoms with van der Waals surface area (Å²) < 4.78 is 40.6. The van der Waals surface area contributed by atoms with E-state index in [0.29, 0.717) is 11.5 Å². The molecule has 17 heavy (non-hydrogen) atoms. The van der Waals surface area contributed by atoms with Crippen molar-refractivity contribution in [3.05, 3.63) is 29.8 Å². The molecular weight excluding hydrogens is 231 g/mol. The van der Waals surface area contributed by atoms with Crippen LogP contribution in [0.15, 0.2) is 24.3 Å². The highest BCUT2D eigenvalue weighted by Gasteiger charge is 2.33. The van der Waals surface area contributed by atoms with Gasteiger partial charge >= 0.3 is 6.36 Å². The van der Waals surface area contributed by atoms with Gasteiger partial charge in [-0.3, -0.25) is 0 Å². The van der Waals surface area contributed by atoms with Crippen molar-refractivity contribution >= 4 is 0 Å². The lowest BCUT2D eigenvalue weighted by Gasteiger charge is -2.17. The minimum absolute atomic E-state index is 0.187. The van der Waals surface area contributed by atoms with Gasteiger partial charge in [-0.25, -0.2) is 0 Å². The van der Waals surface area contributed by atoms with Crippen molar-refractivity contribution in [2.75, 3.05) is 0 Å². The van der Waals surface area contributed by atoms with Crippen LogP contribution in [0, 0.1) is 5.92 Å². The number of hydrogen-bond acceptors (Lipinski definition) is 2. The Morgan fingerprint density at radius 2 is 1.94 bits per heavy atom. The molecule has 1 fully saturated rings. The van der Waals surface area contributed by atoms with Crippen molar-refractivity contribution in [3.8, 4) is 5.75 Å². The Kier molecular flexibility index (Phi) is 3.28. The second-order valence-corrected chi connectivity index (χ2v) is 4.37. The second-order valence-electron chi connectivity index (χ2n) is 4.37. The number of hydrogen-bond donors (Lipinski definition) is 1. The van der Waals surface area contributed by atoms with Crippen LogP contribution in [0.3, 0.4) is 0 Å². The third-order valence-electron chi connectivity index (χ3n) is 2.83. The van der Waals surface area contributed by atoms with Gasteiger partial charge in [0.05, 0.1) is 0 Å². The number of ether oxygens (including phenoxy) is 1. The van der Waals surface area contributed by atoms with Crippen molar-refractivity contribution in [1.82, 2.24) is 0 Å².